The normalized spacial score (nSPS) is 16.5. The third kappa shape index (κ3) is 3.35. The van der Waals surface area contributed by atoms with Gasteiger partial charge in [-0.3, -0.25) is 9.59 Å². The number of fused-ring (bicyclic) bond motifs is 1. The van der Waals surface area contributed by atoms with E-state index in [1.54, 1.807) is 24.3 Å². The Kier molecular flexibility index (Phi) is 4.33. The molecule has 0 fully saturated rings. The molecule has 0 bridgehead atoms. The molecule has 1 aliphatic rings. The van der Waals surface area contributed by atoms with Gasteiger partial charge in [-0.15, -0.1) is 11.8 Å². The molecule has 2 amide bonds. The van der Waals surface area contributed by atoms with E-state index >= 15 is 0 Å². The van der Waals surface area contributed by atoms with Gasteiger partial charge in [0.05, 0.1) is 21.6 Å². The molecule has 23 heavy (non-hydrogen) atoms. The molecular formula is C17H15ClN2O2S. The maximum absolute atomic E-state index is 12.4. The summed E-state index contributed by atoms with van der Waals surface area (Å²) in [6.07, 6.45) is 0. The summed E-state index contributed by atoms with van der Waals surface area (Å²) in [7, 11) is 0. The fourth-order valence-electron chi connectivity index (χ4n) is 2.27. The van der Waals surface area contributed by atoms with Crippen LogP contribution in [0.25, 0.3) is 0 Å². The number of anilines is 2. The molecule has 0 unspecified atom stereocenters. The van der Waals surface area contributed by atoms with Gasteiger partial charge in [-0.05, 0) is 49.7 Å². The molecule has 4 nitrogen and oxygen atoms in total. The number of nitrogens with one attached hydrogen (secondary N) is 2. The SMILES string of the molecule is Cc1ccc(NC(=O)c2ccc3c(c2)NC(=O)[C@H](C)S3)c(Cl)c1. The second kappa shape index (κ2) is 6.26. The summed E-state index contributed by atoms with van der Waals surface area (Å²) in [5, 5.41) is 5.98. The number of hydrogen-bond acceptors (Lipinski definition) is 3. The van der Waals surface area contributed by atoms with E-state index in [1.807, 2.05) is 26.0 Å². The number of benzene rings is 2. The van der Waals surface area contributed by atoms with Crippen LogP contribution in [0.3, 0.4) is 0 Å². The van der Waals surface area contributed by atoms with Gasteiger partial charge in [0.15, 0.2) is 0 Å². The molecule has 0 aliphatic carbocycles. The minimum atomic E-state index is -0.267. The predicted octanol–water partition coefficient (Wildman–Crippen LogP) is 4.33. The highest BCUT2D eigenvalue weighted by atomic mass is 35.5. The molecule has 6 heteroatoms. The molecule has 2 aromatic rings. The molecule has 3 rings (SSSR count). The number of hydrogen-bond donors (Lipinski definition) is 2. The summed E-state index contributed by atoms with van der Waals surface area (Å²) in [4.78, 5) is 25.1. The van der Waals surface area contributed by atoms with E-state index in [1.165, 1.54) is 11.8 Å². The Balaban J connectivity index is 1.83. The van der Waals surface area contributed by atoms with Crippen molar-refractivity contribution in [2.75, 3.05) is 10.6 Å². The lowest BCUT2D eigenvalue weighted by Crippen LogP contribution is -2.26. The van der Waals surface area contributed by atoms with Crippen LogP contribution in [0.15, 0.2) is 41.3 Å². The van der Waals surface area contributed by atoms with Crippen molar-refractivity contribution in [1.82, 2.24) is 0 Å². The second-order valence-corrected chi connectivity index (χ2v) is 7.19. The predicted molar refractivity (Wildman–Crippen MR) is 94.5 cm³/mol. The molecule has 0 spiro atoms. The minimum absolute atomic E-state index is 0.0540. The highest BCUT2D eigenvalue weighted by Gasteiger charge is 2.23. The summed E-state index contributed by atoms with van der Waals surface area (Å²) in [5.74, 6) is -0.321. The van der Waals surface area contributed by atoms with E-state index in [0.29, 0.717) is 22.0 Å². The monoisotopic (exact) mass is 346 g/mol. The first-order valence-electron chi connectivity index (χ1n) is 7.13. The Morgan fingerprint density at radius 2 is 2.04 bits per heavy atom. The summed E-state index contributed by atoms with van der Waals surface area (Å²) >= 11 is 7.62. The maximum Gasteiger partial charge on any atom is 0.255 e. The number of thioether (sulfide) groups is 1. The largest absolute Gasteiger partial charge is 0.324 e. The summed E-state index contributed by atoms with van der Waals surface area (Å²) in [5.41, 5.74) is 2.72. The Morgan fingerprint density at radius 3 is 2.78 bits per heavy atom. The zero-order valence-corrected chi connectivity index (χ0v) is 14.2. The van der Waals surface area contributed by atoms with Crippen LogP contribution >= 0.6 is 23.4 Å². The zero-order valence-electron chi connectivity index (χ0n) is 12.6. The first-order chi connectivity index (χ1) is 10.9. The molecule has 2 aromatic carbocycles. The fourth-order valence-corrected chi connectivity index (χ4v) is 3.48. The van der Waals surface area contributed by atoms with Gasteiger partial charge < -0.3 is 10.6 Å². The zero-order chi connectivity index (χ0) is 16.6. The standard InChI is InChI=1S/C17H15ClN2O2S/c1-9-3-5-13(12(18)7-9)19-17(22)11-4-6-15-14(8-11)20-16(21)10(2)23-15/h3-8,10H,1-2H3,(H,19,22)(H,20,21)/t10-/m0/s1. The Hall–Kier alpha value is -1.98. The molecule has 0 radical (unpaired) electrons. The van der Waals surface area contributed by atoms with Crippen LogP contribution in [0.2, 0.25) is 5.02 Å². The molecule has 1 aliphatic heterocycles. The molecule has 0 saturated heterocycles. The first kappa shape index (κ1) is 15.9. The van der Waals surface area contributed by atoms with Crippen LogP contribution in [-0.4, -0.2) is 17.1 Å². The number of amides is 2. The molecule has 1 atom stereocenters. The summed E-state index contributed by atoms with van der Waals surface area (Å²) < 4.78 is 0. The second-order valence-electron chi connectivity index (χ2n) is 5.40. The van der Waals surface area contributed by atoms with Gasteiger partial charge in [0, 0.05) is 10.5 Å². The van der Waals surface area contributed by atoms with Gasteiger partial charge in [-0.1, -0.05) is 17.7 Å². The van der Waals surface area contributed by atoms with E-state index in [0.717, 1.165) is 10.5 Å². The van der Waals surface area contributed by atoms with Crippen molar-refractivity contribution in [3.05, 3.63) is 52.5 Å². The van der Waals surface area contributed by atoms with Crippen molar-refractivity contribution >= 4 is 46.6 Å². The average Bonchev–Trinajstić information content (AvgIpc) is 2.50. The number of rotatable bonds is 2. The van der Waals surface area contributed by atoms with Crippen molar-refractivity contribution in [2.45, 2.75) is 24.0 Å². The van der Waals surface area contributed by atoms with Gasteiger partial charge in [-0.2, -0.15) is 0 Å². The summed E-state index contributed by atoms with van der Waals surface area (Å²) in [6, 6.07) is 10.7. The molecular weight excluding hydrogens is 332 g/mol. The molecule has 0 aromatic heterocycles. The van der Waals surface area contributed by atoms with E-state index in [4.69, 9.17) is 11.6 Å². The van der Waals surface area contributed by atoms with Crippen LogP contribution in [-0.2, 0) is 4.79 Å². The highest BCUT2D eigenvalue weighted by Crippen LogP contribution is 2.36. The van der Waals surface area contributed by atoms with E-state index in [9.17, 15) is 9.59 Å². The fraction of sp³-hybridized carbons (Fsp3) is 0.176. The number of carbonyl (C=O) groups is 2. The Labute approximate surface area is 143 Å². The lowest BCUT2D eigenvalue weighted by atomic mass is 10.1. The quantitative estimate of drug-likeness (QED) is 0.850. The van der Waals surface area contributed by atoms with E-state index in [-0.39, 0.29) is 17.1 Å². The van der Waals surface area contributed by atoms with Gasteiger partial charge >= 0.3 is 0 Å². The number of aryl methyl sites for hydroxylation is 1. The van der Waals surface area contributed by atoms with Crippen LogP contribution in [0, 0.1) is 6.92 Å². The summed E-state index contributed by atoms with van der Waals surface area (Å²) in [6.45, 7) is 3.78. The van der Waals surface area contributed by atoms with Gasteiger partial charge in [0.1, 0.15) is 0 Å². The van der Waals surface area contributed by atoms with Crippen LogP contribution < -0.4 is 10.6 Å². The third-order valence-corrected chi connectivity index (χ3v) is 5.04. The molecule has 0 saturated carbocycles. The van der Waals surface area contributed by atoms with Crippen molar-refractivity contribution < 1.29 is 9.59 Å². The topological polar surface area (TPSA) is 58.2 Å². The molecule has 2 N–H and O–H groups in total. The van der Waals surface area contributed by atoms with Crippen molar-refractivity contribution in [3.63, 3.8) is 0 Å². The van der Waals surface area contributed by atoms with Gasteiger partial charge in [0.25, 0.3) is 5.91 Å². The highest BCUT2D eigenvalue weighted by molar-refractivity contribution is 8.00. The molecule has 118 valence electrons. The minimum Gasteiger partial charge on any atom is -0.324 e. The maximum atomic E-state index is 12.4. The lowest BCUT2D eigenvalue weighted by molar-refractivity contribution is -0.115. The van der Waals surface area contributed by atoms with Crippen molar-refractivity contribution in [1.29, 1.82) is 0 Å². The average molecular weight is 347 g/mol. The van der Waals surface area contributed by atoms with E-state index < -0.39 is 0 Å². The Bertz CT molecular complexity index is 807. The smallest absolute Gasteiger partial charge is 0.255 e. The van der Waals surface area contributed by atoms with Gasteiger partial charge in [0.2, 0.25) is 5.91 Å². The lowest BCUT2D eigenvalue weighted by Gasteiger charge is -2.21. The van der Waals surface area contributed by atoms with Gasteiger partial charge in [-0.25, -0.2) is 0 Å². The van der Waals surface area contributed by atoms with Crippen LogP contribution in [0.5, 0.6) is 0 Å². The third-order valence-electron chi connectivity index (χ3n) is 3.55. The Morgan fingerprint density at radius 1 is 1.26 bits per heavy atom. The van der Waals surface area contributed by atoms with Crippen LogP contribution in [0.4, 0.5) is 11.4 Å². The van der Waals surface area contributed by atoms with Crippen molar-refractivity contribution in [2.24, 2.45) is 0 Å². The molecule has 1 heterocycles. The van der Waals surface area contributed by atoms with Crippen LogP contribution in [0.1, 0.15) is 22.8 Å². The van der Waals surface area contributed by atoms with Crippen molar-refractivity contribution in [3.8, 4) is 0 Å². The number of halogens is 1. The first-order valence-corrected chi connectivity index (χ1v) is 8.39. The van der Waals surface area contributed by atoms with E-state index in [2.05, 4.69) is 10.6 Å². The number of carbonyl (C=O) groups excluding carboxylic acids is 2.